The molecule has 0 aromatic heterocycles. The zero-order valence-electron chi connectivity index (χ0n) is 22.0. The minimum Gasteiger partial charge on any atom is -0.480 e. The van der Waals surface area contributed by atoms with Crippen molar-refractivity contribution in [3.05, 3.63) is 0 Å². The van der Waals surface area contributed by atoms with Crippen LogP contribution < -0.4 is 38.9 Å². The summed E-state index contributed by atoms with van der Waals surface area (Å²) >= 11 is 0. The number of aliphatic carboxylic acids is 1. The van der Waals surface area contributed by atoms with Crippen LogP contribution in [-0.4, -0.2) is 72.6 Å². The molecule has 0 spiro atoms. The van der Waals surface area contributed by atoms with Crippen molar-refractivity contribution in [1.29, 1.82) is 0 Å². The van der Waals surface area contributed by atoms with Crippen molar-refractivity contribution in [2.45, 2.75) is 102 Å². The molecule has 36 heavy (non-hydrogen) atoms. The summed E-state index contributed by atoms with van der Waals surface area (Å²) in [5, 5.41) is 17.5. The lowest BCUT2D eigenvalue weighted by Gasteiger charge is -2.26. The lowest BCUT2D eigenvalue weighted by molar-refractivity contribution is -0.144. The lowest BCUT2D eigenvalue weighted by Crippen LogP contribution is -2.57. The van der Waals surface area contributed by atoms with E-state index in [1.165, 1.54) is 0 Å². The summed E-state index contributed by atoms with van der Waals surface area (Å²) < 4.78 is 0. The molecule has 0 aliphatic carbocycles. The largest absolute Gasteiger partial charge is 0.480 e. The highest BCUT2D eigenvalue weighted by Crippen LogP contribution is 2.11. The van der Waals surface area contributed by atoms with E-state index in [0.717, 1.165) is 6.42 Å². The summed E-state index contributed by atoms with van der Waals surface area (Å²) in [7, 11) is 0. The molecule has 0 aliphatic heterocycles. The predicted octanol–water partition coefficient (Wildman–Crippen LogP) is -0.714. The molecule has 0 heterocycles. The molecular weight excluding hydrogens is 466 g/mol. The molecule has 12 N–H and O–H groups in total. The Kier molecular flexibility index (Phi) is 18.6. The van der Waals surface area contributed by atoms with Gasteiger partial charge in [-0.15, -0.1) is 0 Å². The second-order valence-electron chi connectivity index (χ2n) is 9.29. The summed E-state index contributed by atoms with van der Waals surface area (Å²) in [5.41, 5.74) is 22.6. The molecule has 0 aliphatic rings. The molecule has 210 valence electrons. The highest BCUT2D eigenvalue weighted by Gasteiger charge is 2.31. The number of unbranched alkanes of at least 4 members (excludes halogenated alkanes) is 3. The molecule has 0 fully saturated rings. The van der Waals surface area contributed by atoms with Gasteiger partial charge in [0.05, 0.1) is 6.04 Å². The first kappa shape index (κ1) is 33.7. The fourth-order valence-electron chi connectivity index (χ4n) is 3.65. The molecule has 5 atom stereocenters. The predicted molar refractivity (Wildman–Crippen MR) is 140 cm³/mol. The van der Waals surface area contributed by atoms with Crippen molar-refractivity contribution in [3.63, 3.8) is 0 Å². The fourth-order valence-corrected chi connectivity index (χ4v) is 3.65. The highest BCUT2D eigenvalue weighted by atomic mass is 16.4. The Labute approximate surface area is 215 Å². The summed E-state index contributed by atoms with van der Waals surface area (Å²) in [4.78, 5) is 50.5. The molecule has 0 radical (unpaired) electrons. The maximum Gasteiger partial charge on any atom is 0.326 e. The number of carbonyl (C=O) groups is 4. The number of hydrogen-bond donors (Lipinski definition) is 8. The normalized spacial score (nSPS) is 15.3. The zero-order chi connectivity index (χ0) is 27.5. The van der Waals surface area contributed by atoms with Gasteiger partial charge in [-0.2, -0.15) is 0 Å². The van der Waals surface area contributed by atoms with Crippen LogP contribution in [-0.2, 0) is 19.2 Å². The number of nitrogens with two attached hydrogens (primary N) is 4. The number of amides is 3. The molecular formula is C24H49N7O5. The Morgan fingerprint density at radius 3 is 1.53 bits per heavy atom. The van der Waals surface area contributed by atoms with Crippen LogP contribution in [0.15, 0.2) is 0 Å². The highest BCUT2D eigenvalue weighted by molar-refractivity contribution is 5.94. The van der Waals surface area contributed by atoms with Gasteiger partial charge >= 0.3 is 5.97 Å². The van der Waals surface area contributed by atoms with E-state index in [1.54, 1.807) is 6.92 Å². The first-order chi connectivity index (χ1) is 17.1. The Morgan fingerprint density at radius 1 is 0.694 bits per heavy atom. The topological polar surface area (TPSA) is 229 Å². The van der Waals surface area contributed by atoms with E-state index in [1.807, 2.05) is 6.92 Å². The van der Waals surface area contributed by atoms with Gasteiger partial charge in [0, 0.05) is 0 Å². The minimum absolute atomic E-state index is 0.281. The van der Waals surface area contributed by atoms with E-state index in [0.29, 0.717) is 71.0 Å². The van der Waals surface area contributed by atoms with Crippen LogP contribution in [0.2, 0.25) is 0 Å². The monoisotopic (exact) mass is 515 g/mol. The third-order valence-corrected chi connectivity index (χ3v) is 6.24. The molecule has 12 nitrogen and oxygen atoms in total. The van der Waals surface area contributed by atoms with Crippen molar-refractivity contribution in [2.75, 3.05) is 19.6 Å². The van der Waals surface area contributed by atoms with E-state index < -0.39 is 47.9 Å². The number of hydrogen-bond acceptors (Lipinski definition) is 8. The third-order valence-electron chi connectivity index (χ3n) is 6.24. The van der Waals surface area contributed by atoms with Crippen LogP contribution in [0.4, 0.5) is 0 Å². The van der Waals surface area contributed by atoms with Crippen molar-refractivity contribution in [3.8, 4) is 0 Å². The van der Waals surface area contributed by atoms with Gasteiger partial charge in [0.25, 0.3) is 0 Å². The van der Waals surface area contributed by atoms with Crippen molar-refractivity contribution in [2.24, 2.45) is 28.9 Å². The number of carbonyl (C=O) groups excluding carboxylic acids is 3. The van der Waals surface area contributed by atoms with Crippen molar-refractivity contribution in [1.82, 2.24) is 16.0 Å². The molecule has 0 rings (SSSR count). The average molecular weight is 516 g/mol. The first-order valence-electron chi connectivity index (χ1n) is 13.1. The summed E-state index contributed by atoms with van der Waals surface area (Å²) in [6.45, 7) is 4.94. The number of carboxylic acids is 1. The SMILES string of the molecule is CCC(C)C(NC(=O)C(CCCCN)NC(=O)C(CCCCN)NC(=O)C(N)CCCCN)C(=O)O. The van der Waals surface area contributed by atoms with E-state index in [9.17, 15) is 24.3 Å². The Bertz CT molecular complexity index is 665. The maximum atomic E-state index is 13.2. The molecule has 0 bridgehead atoms. The average Bonchev–Trinajstić information content (AvgIpc) is 2.85. The number of carboxylic acid groups (broad SMARTS) is 1. The van der Waals surface area contributed by atoms with E-state index in [2.05, 4.69) is 16.0 Å². The van der Waals surface area contributed by atoms with E-state index in [4.69, 9.17) is 22.9 Å². The van der Waals surface area contributed by atoms with Gasteiger partial charge in [-0.1, -0.05) is 26.7 Å². The second kappa shape index (κ2) is 19.9. The molecule has 0 saturated heterocycles. The van der Waals surface area contributed by atoms with Gasteiger partial charge in [-0.3, -0.25) is 14.4 Å². The Morgan fingerprint density at radius 2 is 1.11 bits per heavy atom. The van der Waals surface area contributed by atoms with Crippen LogP contribution in [0, 0.1) is 5.92 Å². The van der Waals surface area contributed by atoms with Crippen LogP contribution in [0.5, 0.6) is 0 Å². The van der Waals surface area contributed by atoms with Gasteiger partial charge in [-0.25, -0.2) is 4.79 Å². The van der Waals surface area contributed by atoms with Crippen LogP contribution in [0.25, 0.3) is 0 Å². The van der Waals surface area contributed by atoms with Crippen molar-refractivity contribution < 1.29 is 24.3 Å². The minimum atomic E-state index is -1.14. The molecule has 0 aromatic rings. The van der Waals surface area contributed by atoms with Crippen LogP contribution >= 0.6 is 0 Å². The smallest absolute Gasteiger partial charge is 0.326 e. The van der Waals surface area contributed by atoms with Crippen LogP contribution in [0.3, 0.4) is 0 Å². The third kappa shape index (κ3) is 13.7. The fraction of sp³-hybridized carbons (Fsp3) is 0.833. The van der Waals surface area contributed by atoms with E-state index in [-0.39, 0.29) is 12.3 Å². The molecule has 12 heteroatoms. The van der Waals surface area contributed by atoms with Gasteiger partial charge in [0.15, 0.2) is 0 Å². The van der Waals surface area contributed by atoms with Gasteiger partial charge < -0.3 is 44.0 Å². The lowest BCUT2D eigenvalue weighted by atomic mass is 9.98. The Balaban J connectivity index is 5.50. The zero-order valence-corrected chi connectivity index (χ0v) is 22.0. The van der Waals surface area contributed by atoms with Gasteiger partial charge in [-0.05, 0) is 76.9 Å². The molecule has 3 amide bonds. The Hall–Kier alpha value is -2.28. The van der Waals surface area contributed by atoms with E-state index >= 15 is 0 Å². The van der Waals surface area contributed by atoms with Crippen molar-refractivity contribution >= 4 is 23.7 Å². The standard InChI is InChI=1S/C24H49N7O5/c1-3-16(2)20(24(35)36)31-23(34)19(12-6-9-15-27)30-22(33)18(11-5-8-14-26)29-21(32)17(28)10-4-7-13-25/h16-20H,3-15,25-28H2,1-2H3,(H,29,32)(H,30,33)(H,31,34)(H,35,36). The van der Waals surface area contributed by atoms with Gasteiger partial charge in [0.2, 0.25) is 17.7 Å². The summed E-state index contributed by atoms with van der Waals surface area (Å²) in [6.07, 6.45) is 5.50. The quantitative estimate of drug-likeness (QED) is 0.0901. The second-order valence-corrected chi connectivity index (χ2v) is 9.29. The molecule has 0 saturated carbocycles. The maximum absolute atomic E-state index is 13.2. The summed E-state index contributed by atoms with van der Waals surface area (Å²) in [6, 6.07) is -3.74. The number of rotatable bonds is 21. The summed E-state index contributed by atoms with van der Waals surface area (Å²) in [5.74, 6) is -3.00. The van der Waals surface area contributed by atoms with Crippen LogP contribution in [0.1, 0.15) is 78.1 Å². The molecule has 0 aromatic carbocycles. The number of nitrogens with one attached hydrogen (secondary N) is 3. The first-order valence-corrected chi connectivity index (χ1v) is 13.1. The molecule has 5 unspecified atom stereocenters. The van der Waals surface area contributed by atoms with Gasteiger partial charge in [0.1, 0.15) is 18.1 Å².